The van der Waals surface area contributed by atoms with Crippen LogP contribution in [0.3, 0.4) is 0 Å². The molecule has 16 heavy (non-hydrogen) atoms. The summed E-state index contributed by atoms with van der Waals surface area (Å²) in [5.74, 6) is 0.880. The molecule has 1 aliphatic rings. The van der Waals surface area contributed by atoms with Crippen molar-refractivity contribution in [3.8, 4) is 0 Å². The van der Waals surface area contributed by atoms with Crippen molar-refractivity contribution in [2.75, 3.05) is 5.73 Å². The Hall–Kier alpha value is -1.57. The fraction of sp³-hybridized carbons (Fsp3) is 0.357. The molecular formula is C14H17NO. The lowest BCUT2D eigenvalue weighted by atomic mass is 9.82. The fourth-order valence-electron chi connectivity index (χ4n) is 1.85. The van der Waals surface area contributed by atoms with Crippen LogP contribution in [0.5, 0.6) is 0 Å². The molecule has 0 bridgehead atoms. The van der Waals surface area contributed by atoms with Gasteiger partial charge in [0.1, 0.15) is 0 Å². The maximum atomic E-state index is 11.6. The van der Waals surface area contributed by atoms with Gasteiger partial charge in [-0.15, -0.1) is 0 Å². The Kier molecular flexibility index (Phi) is 3.40. The third-order valence-corrected chi connectivity index (χ3v) is 3.11. The number of carbonyl (C=O) groups is 1. The molecule has 1 aliphatic carbocycles. The van der Waals surface area contributed by atoms with Crippen LogP contribution >= 0.6 is 0 Å². The molecule has 0 aromatic heterocycles. The van der Waals surface area contributed by atoms with Crippen LogP contribution in [0.4, 0.5) is 5.69 Å². The number of anilines is 1. The van der Waals surface area contributed by atoms with Crippen LogP contribution in [0.25, 0.3) is 6.08 Å². The minimum atomic E-state index is 0.238. The van der Waals surface area contributed by atoms with Gasteiger partial charge in [-0.05, 0) is 29.7 Å². The Morgan fingerprint density at radius 1 is 1.31 bits per heavy atom. The highest BCUT2D eigenvalue weighted by atomic mass is 16.1. The molecule has 1 aromatic carbocycles. The number of rotatable bonds is 4. The van der Waals surface area contributed by atoms with Gasteiger partial charge in [0.05, 0.1) is 0 Å². The maximum Gasteiger partial charge on any atom is 0.155 e. The van der Waals surface area contributed by atoms with Crippen molar-refractivity contribution in [2.24, 2.45) is 5.92 Å². The van der Waals surface area contributed by atoms with E-state index in [2.05, 4.69) is 0 Å². The van der Waals surface area contributed by atoms with E-state index in [9.17, 15) is 4.79 Å². The van der Waals surface area contributed by atoms with E-state index in [0.717, 1.165) is 11.3 Å². The molecule has 2 rings (SSSR count). The highest BCUT2D eigenvalue weighted by Crippen LogP contribution is 2.29. The second-order valence-electron chi connectivity index (χ2n) is 4.47. The van der Waals surface area contributed by atoms with E-state index in [1.807, 2.05) is 30.3 Å². The molecular weight excluding hydrogens is 198 g/mol. The topological polar surface area (TPSA) is 43.1 Å². The molecule has 2 nitrogen and oxygen atoms in total. The largest absolute Gasteiger partial charge is 0.399 e. The summed E-state index contributed by atoms with van der Waals surface area (Å²) in [6, 6.07) is 7.52. The first-order valence-electron chi connectivity index (χ1n) is 5.80. The van der Waals surface area contributed by atoms with Crippen LogP contribution in [-0.4, -0.2) is 5.78 Å². The van der Waals surface area contributed by atoms with Crippen molar-refractivity contribution < 1.29 is 4.79 Å². The summed E-state index contributed by atoms with van der Waals surface area (Å²) >= 11 is 0. The van der Waals surface area contributed by atoms with E-state index >= 15 is 0 Å². The van der Waals surface area contributed by atoms with Gasteiger partial charge in [-0.25, -0.2) is 0 Å². The summed E-state index contributed by atoms with van der Waals surface area (Å²) in [4.78, 5) is 11.6. The third-order valence-electron chi connectivity index (χ3n) is 3.11. The van der Waals surface area contributed by atoms with E-state index < -0.39 is 0 Å². The van der Waals surface area contributed by atoms with Gasteiger partial charge in [-0.1, -0.05) is 37.5 Å². The zero-order valence-electron chi connectivity index (χ0n) is 9.36. The Bertz CT molecular complexity index is 388. The number of benzene rings is 1. The van der Waals surface area contributed by atoms with E-state index in [0.29, 0.717) is 12.3 Å². The van der Waals surface area contributed by atoms with Crippen LogP contribution in [-0.2, 0) is 4.79 Å². The van der Waals surface area contributed by atoms with Gasteiger partial charge in [0.2, 0.25) is 0 Å². The summed E-state index contributed by atoms with van der Waals surface area (Å²) in [6.45, 7) is 0. The Morgan fingerprint density at radius 2 is 2.00 bits per heavy atom. The number of hydrogen-bond donors (Lipinski definition) is 1. The monoisotopic (exact) mass is 215 g/mol. The maximum absolute atomic E-state index is 11.6. The summed E-state index contributed by atoms with van der Waals surface area (Å²) in [6.07, 6.45) is 8.00. The zero-order chi connectivity index (χ0) is 11.4. The molecule has 0 aliphatic heterocycles. The lowest BCUT2D eigenvalue weighted by molar-refractivity contribution is -0.115. The highest BCUT2D eigenvalue weighted by molar-refractivity contribution is 5.93. The van der Waals surface area contributed by atoms with Crippen molar-refractivity contribution in [1.82, 2.24) is 0 Å². The van der Waals surface area contributed by atoms with Crippen LogP contribution < -0.4 is 5.73 Å². The molecule has 0 heterocycles. The predicted molar refractivity (Wildman–Crippen MR) is 66.9 cm³/mol. The zero-order valence-corrected chi connectivity index (χ0v) is 9.36. The summed E-state index contributed by atoms with van der Waals surface area (Å²) in [5, 5.41) is 0. The average molecular weight is 215 g/mol. The predicted octanol–water partition coefficient (Wildman–Crippen LogP) is 3.04. The molecule has 84 valence electrons. The molecule has 0 spiro atoms. The van der Waals surface area contributed by atoms with Gasteiger partial charge in [-0.2, -0.15) is 0 Å². The molecule has 1 fully saturated rings. The van der Waals surface area contributed by atoms with Gasteiger partial charge in [0, 0.05) is 12.1 Å². The van der Waals surface area contributed by atoms with Gasteiger partial charge in [0.15, 0.2) is 5.78 Å². The van der Waals surface area contributed by atoms with Crippen molar-refractivity contribution in [2.45, 2.75) is 25.7 Å². The Morgan fingerprint density at radius 3 is 2.56 bits per heavy atom. The fourth-order valence-corrected chi connectivity index (χ4v) is 1.85. The molecule has 0 unspecified atom stereocenters. The number of nitrogen functional groups attached to an aromatic ring is 1. The minimum Gasteiger partial charge on any atom is -0.399 e. The Balaban J connectivity index is 1.87. The van der Waals surface area contributed by atoms with E-state index in [1.165, 1.54) is 19.3 Å². The van der Waals surface area contributed by atoms with Crippen LogP contribution in [0, 0.1) is 5.92 Å². The number of ketones is 1. The van der Waals surface area contributed by atoms with Gasteiger partial charge < -0.3 is 5.73 Å². The first-order chi connectivity index (χ1) is 7.74. The number of hydrogen-bond acceptors (Lipinski definition) is 2. The van der Waals surface area contributed by atoms with E-state index in [1.54, 1.807) is 6.08 Å². The van der Waals surface area contributed by atoms with Crippen LogP contribution in [0.2, 0.25) is 0 Å². The first kappa shape index (κ1) is 10.9. The highest BCUT2D eigenvalue weighted by Gasteiger charge is 2.19. The number of nitrogens with two attached hydrogens (primary N) is 1. The number of allylic oxidation sites excluding steroid dienone is 1. The normalized spacial score (nSPS) is 16.2. The molecule has 1 aromatic rings. The average Bonchev–Trinajstić information content (AvgIpc) is 2.23. The first-order valence-corrected chi connectivity index (χ1v) is 5.80. The van der Waals surface area contributed by atoms with Crippen LogP contribution in [0.15, 0.2) is 30.3 Å². The van der Waals surface area contributed by atoms with E-state index in [-0.39, 0.29) is 5.78 Å². The third kappa shape index (κ3) is 2.96. The van der Waals surface area contributed by atoms with Gasteiger partial charge in [0.25, 0.3) is 0 Å². The lowest BCUT2D eigenvalue weighted by Crippen LogP contribution is -2.14. The number of carbonyl (C=O) groups excluding carboxylic acids is 1. The standard InChI is InChI=1S/C14H17NO/c15-13-7-4-11(5-8-13)6-9-14(16)10-12-2-1-3-12/h4-9,12H,1-3,10,15H2/b9-6+. The molecule has 2 heteroatoms. The molecule has 0 saturated heterocycles. The minimum absolute atomic E-state index is 0.238. The lowest BCUT2D eigenvalue weighted by Gasteiger charge is -2.23. The SMILES string of the molecule is Nc1ccc(/C=C/C(=O)CC2CCC2)cc1. The quantitative estimate of drug-likeness (QED) is 0.619. The molecule has 0 atom stereocenters. The summed E-state index contributed by atoms with van der Waals surface area (Å²) in [7, 11) is 0. The molecule has 0 radical (unpaired) electrons. The summed E-state index contributed by atoms with van der Waals surface area (Å²) in [5.41, 5.74) is 7.36. The van der Waals surface area contributed by atoms with Crippen LogP contribution in [0.1, 0.15) is 31.2 Å². The summed E-state index contributed by atoms with van der Waals surface area (Å²) < 4.78 is 0. The second kappa shape index (κ2) is 4.97. The molecule has 0 amide bonds. The second-order valence-corrected chi connectivity index (χ2v) is 4.47. The van der Waals surface area contributed by atoms with Gasteiger partial charge >= 0.3 is 0 Å². The van der Waals surface area contributed by atoms with Gasteiger partial charge in [-0.3, -0.25) is 4.79 Å². The van der Waals surface area contributed by atoms with E-state index in [4.69, 9.17) is 5.73 Å². The van der Waals surface area contributed by atoms with Crippen molar-refractivity contribution in [1.29, 1.82) is 0 Å². The molecule has 1 saturated carbocycles. The molecule has 2 N–H and O–H groups in total. The van der Waals surface area contributed by atoms with Crippen molar-refractivity contribution in [3.63, 3.8) is 0 Å². The Labute approximate surface area is 96.2 Å². The van der Waals surface area contributed by atoms with Crippen molar-refractivity contribution >= 4 is 17.5 Å². The van der Waals surface area contributed by atoms with Crippen molar-refractivity contribution in [3.05, 3.63) is 35.9 Å². The smallest absolute Gasteiger partial charge is 0.155 e.